The minimum Gasteiger partial charge on any atom is -0.492 e. The van der Waals surface area contributed by atoms with Crippen LogP contribution in [0.15, 0.2) is 54.6 Å². The second-order valence-electron chi connectivity index (χ2n) is 4.69. The van der Waals surface area contributed by atoms with E-state index in [1.165, 1.54) is 17.7 Å². The Kier molecular flexibility index (Phi) is 5.29. The van der Waals surface area contributed by atoms with Crippen molar-refractivity contribution in [3.8, 4) is 5.75 Å². The number of ether oxygens (including phenoxy) is 1. The average molecular weight is 286 g/mol. The number of non-ortho nitro benzene ring substituents is 1. The molecule has 0 saturated carbocycles. The number of nitro benzene ring substituents is 1. The first-order valence-corrected chi connectivity index (χ1v) is 6.82. The zero-order chi connectivity index (χ0) is 15.1. The molecule has 1 unspecified atom stereocenters. The quantitative estimate of drug-likeness (QED) is 0.482. The highest BCUT2D eigenvalue weighted by molar-refractivity contribution is 5.35. The lowest BCUT2D eigenvalue weighted by atomic mass is 10.1. The van der Waals surface area contributed by atoms with Crippen LogP contribution in [-0.4, -0.2) is 18.1 Å². The van der Waals surface area contributed by atoms with Crippen LogP contribution < -0.4 is 10.1 Å². The van der Waals surface area contributed by atoms with Gasteiger partial charge < -0.3 is 10.1 Å². The summed E-state index contributed by atoms with van der Waals surface area (Å²) in [5.74, 6) is 0.634. The van der Waals surface area contributed by atoms with E-state index >= 15 is 0 Å². The largest absolute Gasteiger partial charge is 0.492 e. The predicted octanol–water partition coefficient (Wildman–Crippen LogP) is 3.32. The number of hydrogen-bond acceptors (Lipinski definition) is 4. The van der Waals surface area contributed by atoms with Crippen molar-refractivity contribution >= 4 is 5.69 Å². The van der Waals surface area contributed by atoms with Crippen LogP contribution >= 0.6 is 0 Å². The Balaban J connectivity index is 1.73. The van der Waals surface area contributed by atoms with Gasteiger partial charge in [0, 0.05) is 24.7 Å². The number of nitrogens with zero attached hydrogens (tertiary/aromatic N) is 1. The van der Waals surface area contributed by atoms with Crippen molar-refractivity contribution in [1.82, 2.24) is 5.32 Å². The van der Waals surface area contributed by atoms with E-state index in [1.54, 1.807) is 12.1 Å². The van der Waals surface area contributed by atoms with Crippen molar-refractivity contribution < 1.29 is 9.66 Å². The first kappa shape index (κ1) is 15.0. The number of rotatable bonds is 7. The van der Waals surface area contributed by atoms with Gasteiger partial charge in [0.05, 0.1) is 4.92 Å². The van der Waals surface area contributed by atoms with Crippen molar-refractivity contribution in [2.75, 3.05) is 13.2 Å². The van der Waals surface area contributed by atoms with Gasteiger partial charge in [-0.3, -0.25) is 10.1 Å². The first-order valence-electron chi connectivity index (χ1n) is 6.82. The molecule has 0 bridgehead atoms. The van der Waals surface area contributed by atoms with Crippen molar-refractivity contribution in [2.24, 2.45) is 0 Å². The molecule has 2 aromatic rings. The summed E-state index contributed by atoms with van der Waals surface area (Å²) in [4.78, 5) is 10.1. The fourth-order valence-corrected chi connectivity index (χ4v) is 1.97. The van der Waals surface area contributed by atoms with Gasteiger partial charge in [-0.05, 0) is 24.6 Å². The van der Waals surface area contributed by atoms with Gasteiger partial charge in [0.25, 0.3) is 5.69 Å². The molecule has 1 N–H and O–H groups in total. The van der Waals surface area contributed by atoms with Gasteiger partial charge in [0.2, 0.25) is 0 Å². The molecule has 110 valence electrons. The lowest BCUT2D eigenvalue weighted by Gasteiger charge is -2.14. The summed E-state index contributed by atoms with van der Waals surface area (Å²) >= 11 is 0. The second-order valence-corrected chi connectivity index (χ2v) is 4.69. The highest BCUT2D eigenvalue weighted by Gasteiger charge is 2.05. The Morgan fingerprint density at radius 3 is 2.43 bits per heavy atom. The molecule has 0 aliphatic heterocycles. The van der Waals surface area contributed by atoms with Crippen LogP contribution in [0.1, 0.15) is 18.5 Å². The van der Waals surface area contributed by atoms with Gasteiger partial charge in [-0.25, -0.2) is 0 Å². The standard InChI is InChI=1S/C16H18N2O3/c1-13(14-5-3-2-4-6-14)17-11-12-21-16-9-7-15(8-10-16)18(19)20/h2-10,13,17H,11-12H2,1H3. The molecule has 0 aromatic heterocycles. The number of hydrogen-bond donors (Lipinski definition) is 1. The zero-order valence-corrected chi connectivity index (χ0v) is 11.9. The highest BCUT2D eigenvalue weighted by Crippen LogP contribution is 2.17. The van der Waals surface area contributed by atoms with Crippen LogP contribution in [0.4, 0.5) is 5.69 Å². The van der Waals surface area contributed by atoms with E-state index in [9.17, 15) is 10.1 Å². The van der Waals surface area contributed by atoms with E-state index in [0.29, 0.717) is 18.9 Å². The molecular formula is C16H18N2O3. The van der Waals surface area contributed by atoms with Crippen molar-refractivity contribution in [2.45, 2.75) is 13.0 Å². The maximum Gasteiger partial charge on any atom is 0.269 e. The lowest BCUT2D eigenvalue weighted by molar-refractivity contribution is -0.384. The molecule has 5 nitrogen and oxygen atoms in total. The summed E-state index contributed by atoms with van der Waals surface area (Å²) in [7, 11) is 0. The smallest absolute Gasteiger partial charge is 0.269 e. The van der Waals surface area contributed by atoms with Gasteiger partial charge in [0.1, 0.15) is 12.4 Å². The third kappa shape index (κ3) is 4.57. The van der Waals surface area contributed by atoms with Crippen LogP contribution in [0.25, 0.3) is 0 Å². The number of nitrogens with one attached hydrogen (secondary N) is 1. The van der Waals surface area contributed by atoms with Crippen LogP contribution in [0.2, 0.25) is 0 Å². The molecule has 0 aliphatic rings. The predicted molar refractivity (Wildman–Crippen MR) is 81.5 cm³/mol. The summed E-state index contributed by atoms with van der Waals surface area (Å²) in [6.45, 7) is 3.31. The summed E-state index contributed by atoms with van der Waals surface area (Å²) in [6, 6.07) is 16.5. The summed E-state index contributed by atoms with van der Waals surface area (Å²) < 4.78 is 5.54. The fraction of sp³-hybridized carbons (Fsp3) is 0.250. The van der Waals surface area contributed by atoms with Crippen molar-refractivity contribution in [1.29, 1.82) is 0 Å². The minimum absolute atomic E-state index is 0.0678. The van der Waals surface area contributed by atoms with E-state index < -0.39 is 4.92 Å². The zero-order valence-electron chi connectivity index (χ0n) is 11.9. The SMILES string of the molecule is CC(NCCOc1ccc([N+](=O)[O-])cc1)c1ccccc1. The van der Waals surface area contributed by atoms with E-state index in [0.717, 1.165) is 0 Å². The molecular weight excluding hydrogens is 268 g/mol. The molecule has 0 saturated heterocycles. The molecule has 2 rings (SSSR count). The molecule has 0 fully saturated rings. The molecule has 2 aromatic carbocycles. The Hall–Kier alpha value is -2.40. The normalized spacial score (nSPS) is 11.9. The van der Waals surface area contributed by atoms with Gasteiger partial charge in [-0.1, -0.05) is 30.3 Å². The molecule has 21 heavy (non-hydrogen) atoms. The van der Waals surface area contributed by atoms with E-state index in [2.05, 4.69) is 24.4 Å². The third-order valence-electron chi connectivity index (χ3n) is 3.17. The number of nitro groups is 1. The van der Waals surface area contributed by atoms with Crippen LogP contribution in [0, 0.1) is 10.1 Å². The Morgan fingerprint density at radius 1 is 1.14 bits per heavy atom. The van der Waals surface area contributed by atoms with Gasteiger partial charge in [-0.2, -0.15) is 0 Å². The molecule has 0 amide bonds. The molecule has 0 spiro atoms. The monoisotopic (exact) mass is 286 g/mol. The molecule has 0 aliphatic carbocycles. The Labute approximate surface area is 123 Å². The van der Waals surface area contributed by atoms with Crippen LogP contribution in [-0.2, 0) is 0 Å². The highest BCUT2D eigenvalue weighted by atomic mass is 16.6. The van der Waals surface area contributed by atoms with Crippen LogP contribution in [0.3, 0.4) is 0 Å². The van der Waals surface area contributed by atoms with Gasteiger partial charge in [-0.15, -0.1) is 0 Å². The molecule has 0 radical (unpaired) electrons. The summed E-state index contributed by atoms with van der Waals surface area (Å²) in [6.07, 6.45) is 0. The fourth-order valence-electron chi connectivity index (χ4n) is 1.97. The maximum atomic E-state index is 10.5. The van der Waals surface area contributed by atoms with Crippen molar-refractivity contribution in [3.63, 3.8) is 0 Å². The van der Waals surface area contributed by atoms with Crippen molar-refractivity contribution in [3.05, 3.63) is 70.3 Å². The molecule has 5 heteroatoms. The average Bonchev–Trinajstić information content (AvgIpc) is 2.52. The van der Waals surface area contributed by atoms with Gasteiger partial charge in [0.15, 0.2) is 0 Å². The summed E-state index contributed by atoms with van der Waals surface area (Å²) in [5, 5.41) is 13.9. The van der Waals surface area contributed by atoms with E-state index in [4.69, 9.17) is 4.74 Å². The van der Waals surface area contributed by atoms with Gasteiger partial charge >= 0.3 is 0 Å². The number of benzene rings is 2. The first-order chi connectivity index (χ1) is 10.2. The van der Waals surface area contributed by atoms with Crippen LogP contribution in [0.5, 0.6) is 5.75 Å². The second kappa shape index (κ2) is 7.40. The lowest BCUT2D eigenvalue weighted by Crippen LogP contribution is -2.24. The Bertz CT molecular complexity index is 570. The third-order valence-corrected chi connectivity index (χ3v) is 3.17. The summed E-state index contributed by atoms with van der Waals surface area (Å²) in [5.41, 5.74) is 1.30. The minimum atomic E-state index is -0.424. The van der Waals surface area contributed by atoms with E-state index in [1.807, 2.05) is 18.2 Å². The van der Waals surface area contributed by atoms with E-state index in [-0.39, 0.29) is 11.7 Å². The maximum absolute atomic E-state index is 10.5. The topological polar surface area (TPSA) is 64.4 Å². The molecule has 0 heterocycles. The molecule has 1 atom stereocenters. The Morgan fingerprint density at radius 2 is 1.81 bits per heavy atom.